The van der Waals surface area contributed by atoms with Gasteiger partial charge in [-0.3, -0.25) is 4.72 Å². The first-order valence-electron chi connectivity index (χ1n) is 7.84. The fourth-order valence-corrected chi connectivity index (χ4v) is 3.22. The van der Waals surface area contributed by atoms with Crippen LogP contribution in [0.3, 0.4) is 0 Å². The molecule has 1 heterocycles. The molecule has 0 radical (unpaired) electrons. The van der Waals surface area contributed by atoms with E-state index in [0.717, 1.165) is 22.5 Å². The fourth-order valence-electron chi connectivity index (χ4n) is 2.67. The molecule has 1 aliphatic rings. The maximum atomic E-state index is 11.3. The summed E-state index contributed by atoms with van der Waals surface area (Å²) in [6.07, 6.45) is 1.14. The molecule has 5 nitrogen and oxygen atoms in total. The number of nitrogens with one attached hydrogen (secondary N) is 1. The summed E-state index contributed by atoms with van der Waals surface area (Å²) < 4.78 is 37.3. The molecule has 0 aliphatic carbocycles. The summed E-state index contributed by atoms with van der Waals surface area (Å²) in [5.41, 5.74) is 0.740. The highest BCUT2D eigenvalue weighted by Gasteiger charge is 2.51. The fraction of sp³-hybridized carbons (Fsp3) is 0.412. The van der Waals surface area contributed by atoms with Crippen molar-refractivity contribution in [3.63, 3.8) is 0 Å². The Bertz CT molecular complexity index is 877. The molecule has 0 amide bonds. The summed E-state index contributed by atoms with van der Waals surface area (Å²) in [5, 5.41) is 1.95. The van der Waals surface area contributed by atoms with Crippen LogP contribution >= 0.6 is 0 Å². The third kappa shape index (κ3) is 3.29. The predicted molar refractivity (Wildman–Crippen MR) is 98.1 cm³/mol. The van der Waals surface area contributed by atoms with Crippen LogP contribution in [-0.4, -0.2) is 33.0 Å². The second-order valence-corrected chi connectivity index (χ2v) is 9.03. The van der Waals surface area contributed by atoms with Gasteiger partial charge < -0.3 is 9.31 Å². The van der Waals surface area contributed by atoms with Crippen LogP contribution in [0.15, 0.2) is 36.4 Å². The Morgan fingerprint density at radius 2 is 1.46 bits per heavy atom. The van der Waals surface area contributed by atoms with E-state index in [9.17, 15) is 8.42 Å². The van der Waals surface area contributed by atoms with Crippen molar-refractivity contribution in [2.24, 2.45) is 0 Å². The largest absolute Gasteiger partial charge is 0.494 e. The Kier molecular flexibility index (Phi) is 3.94. The summed E-state index contributed by atoms with van der Waals surface area (Å²) in [4.78, 5) is 0. The smallest absolute Gasteiger partial charge is 0.399 e. The van der Waals surface area contributed by atoms with Crippen molar-refractivity contribution in [1.29, 1.82) is 0 Å². The molecule has 0 spiro atoms. The van der Waals surface area contributed by atoms with E-state index in [4.69, 9.17) is 9.31 Å². The lowest BCUT2D eigenvalue weighted by Crippen LogP contribution is -2.41. The molecule has 0 atom stereocenters. The second-order valence-electron chi connectivity index (χ2n) is 7.28. The lowest BCUT2D eigenvalue weighted by Gasteiger charge is -2.32. The zero-order chi connectivity index (χ0) is 17.8. The van der Waals surface area contributed by atoms with Gasteiger partial charge in [0.1, 0.15) is 0 Å². The van der Waals surface area contributed by atoms with E-state index in [0.29, 0.717) is 5.69 Å². The van der Waals surface area contributed by atoms with Gasteiger partial charge >= 0.3 is 7.12 Å². The molecular formula is C17H22BNO4S. The molecule has 2 aromatic carbocycles. The minimum atomic E-state index is -3.28. The minimum absolute atomic E-state index is 0.379. The van der Waals surface area contributed by atoms with E-state index in [2.05, 4.69) is 4.72 Å². The van der Waals surface area contributed by atoms with E-state index in [1.165, 1.54) is 0 Å². The van der Waals surface area contributed by atoms with Crippen molar-refractivity contribution in [1.82, 2.24) is 0 Å². The topological polar surface area (TPSA) is 64.6 Å². The molecule has 1 fully saturated rings. The maximum Gasteiger partial charge on any atom is 0.494 e. The van der Waals surface area contributed by atoms with Crippen molar-refractivity contribution < 1.29 is 17.7 Å². The Morgan fingerprint density at radius 3 is 2.04 bits per heavy atom. The average molecular weight is 347 g/mol. The van der Waals surface area contributed by atoms with Gasteiger partial charge in [0, 0.05) is 5.69 Å². The zero-order valence-corrected chi connectivity index (χ0v) is 15.4. The summed E-state index contributed by atoms with van der Waals surface area (Å²) in [6, 6.07) is 11.4. The third-order valence-corrected chi connectivity index (χ3v) is 5.30. The lowest BCUT2D eigenvalue weighted by molar-refractivity contribution is 0.00578. The molecule has 0 unspecified atom stereocenters. The van der Waals surface area contributed by atoms with Gasteiger partial charge in [-0.25, -0.2) is 8.42 Å². The third-order valence-electron chi connectivity index (χ3n) is 4.69. The maximum absolute atomic E-state index is 11.3. The first kappa shape index (κ1) is 17.3. The van der Waals surface area contributed by atoms with Gasteiger partial charge in [0.25, 0.3) is 0 Å². The van der Waals surface area contributed by atoms with Crippen LogP contribution in [0.25, 0.3) is 10.8 Å². The molecule has 0 aromatic heterocycles. The number of sulfonamides is 1. The van der Waals surface area contributed by atoms with Crippen molar-refractivity contribution in [3.8, 4) is 0 Å². The molecule has 2 aromatic rings. The monoisotopic (exact) mass is 347 g/mol. The highest BCUT2D eigenvalue weighted by molar-refractivity contribution is 7.92. The van der Waals surface area contributed by atoms with E-state index in [1.807, 2.05) is 58.0 Å². The first-order chi connectivity index (χ1) is 11.0. The van der Waals surface area contributed by atoms with E-state index in [1.54, 1.807) is 6.07 Å². The summed E-state index contributed by atoms with van der Waals surface area (Å²) >= 11 is 0. The Labute approximate surface area is 143 Å². The van der Waals surface area contributed by atoms with Gasteiger partial charge in [0.2, 0.25) is 10.0 Å². The lowest BCUT2D eigenvalue weighted by atomic mass is 9.78. The van der Waals surface area contributed by atoms with Crippen molar-refractivity contribution >= 4 is 39.1 Å². The van der Waals surface area contributed by atoms with Crippen LogP contribution in [0.5, 0.6) is 0 Å². The van der Waals surface area contributed by atoms with Gasteiger partial charge in [0.05, 0.1) is 17.5 Å². The van der Waals surface area contributed by atoms with Gasteiger partial charge in [0.15, 0.2) is 0 Å². The van der Waals surface area contributed by atoms with Crippen LogP contribution in [0, 0.1) is 0 Å². The quantitative estimate of drug-likeness (QED) is 0.867. The van der Waals surface area contributed by atoms with Crippen LogP contribution in [0.1, 0.15) is 27.7 Å². The Morgan fingerprint density at radius 1 is 0.917 bits per heavy atom. The second kappa shape index (κ2) is 5.47. The van der Waals surface area contributed by atoms with E-state index >= 15 is 0 Å². The summed E-state index contributed by atoms with van der Waals surface area (Å²) in [7, 11) is -3.69. The first-order valence-corrected chi connectivity index (χ1v) is 9.73. The molecule has 1 N–H and O–H groups in total. The van der Waals surface area contributed by atoms with E-state index in [-0.39, 0.29) is 11.2 Å². The molecule has 128 valence electrons. The van der Waals surface area contributed by atoms with Gasteiger partial charge in [-0.2, -0.15) is 0 Å². The number of fused-ring (bicyclic) bond motifs is 1. The molecule has 0 saturated carbocycles. The van der Waals surface area contributed by atoms with Gasteiger partial charge in [-0.05, 0) is 56.1 Å². The van der Waals surface area contributed by atoms with Crippen LogP contribution in [-0.2, 0) is 19.3 Å². The molecule has 1 aliphatic heterocycles. The zero-order valence-electron chi connectivity index (χ0n) is 14.6. The standard InChI is InChI=1S/C17H22BNO4S/c1-16(2)17(3,4)23-18(22-16)14-8-6-13-11-15(19-24(5,20)21)9-7-12(13)10-14/h6-11,19H,1-5H3. The Balaban J connectivity index is 1.92. The SMILES string of the molecule is CC1(C)OB(c2ccc3cc(NS(C)(=O)=O)ccc3c2)OC1(C)C. The number of rotatable bonds is 3. The van der Waals surface area contributed by atoms with Gasteiger partial charge in [-0.15, -0.1) is 0 Å². The molecule has 1 saturated heterocycles. The number of benzene rings is 2. The highest BCUT2D eigenvalue weighted by Crippen LogP contribution is 2.36. The summed E-state index contributed by atoms with van der Waals surface area (Å²) in [5.74, 6) is 0. The van der Waals surface area contributed by atoms with Crippen LogP contribution < -0.4 is 10.2 Å². The molecule has 7 heteroatoms. The summed E-state index contributed by atoms with van der Waals surface area (Å²) in [6.45, 7) is 8.10. The molecular weight excluding hydrogens is 325 g/mol. The average Bonchev–Trinajstić information content (AvgIpc) is 2.65. The predicted octanol–water partition coefficient (Wildman–Crippen LogP) is 2.51. The van der Waals surface area contributed by atoms with Crippen molar-refractivity contribution in [2.45, 2.75) is 38.9 Å². The number of anilines is 1. The molecule has 0 bridgehead atoms. The van der Waals surface area contributed by atoms with Crippen LogP contribution in [0.2, 0.25) is 0 Å². The number of hydrogen-bond donors (Lipinski definition) is 1. The van der Waals surface area contributed by atoms with Crippen LogP contribution in [0.4, 0.5) is 5.69 Å². The minimum Gasteiger partial charge on any atom is -0.399 e. The normalized spacial score (nSPS) is 19.6. The van der Waals surface area contributed by atoms with Crippen molar-refractivity contribution in [2.75, 3.05) is 11.0 Å². The van der Waals surface area contributed by atoms with E-state index < -0.39 is 17.1 Å². The molecule has 24 heavy (non-hydrogen) atoms. The highest BCUT2D eigenvalue weighted by atomic mass is 32.2. The number of hydrogen-bond acceptors (Lipinski definition) is 4. The molecule has 3 rings (SSSR count). The Hall–Kier alpha value is -1.57. The van der Waals surface area contributed by atoms with Gasteiger partial charge in [-0.1, -0.05) is 24.3 Å². The van der Waals surface area contributed by atoms with Crippen molar-refractivity contribution in [3.05, 3.63) is 36.4 Å².